The van der Waals surface area contributed by atoms with E-state index < -0.39 is 0 Å². The molecule has 0 aliphatic heterocycles. The average Bonchev–Trinajstić information content (AvgIpc) is 2.32. The summed E-state index contributed by atoms with van der Waals surface area (Å²) in [5.41, 5.74) is 2.47. The number of amides is 1. The van der Waals surface area contributed by atoms with Crippen molar-refractivity contribution in [3.05, 3.63) is 51.0 Å². The molecule has 0 bridgehead atoms. The van der Waals surface area contributed by atoms with Gasteiger partial charge in [0.15, 0.2) is 0 Å². The third-order valence-electron chi connectivity index (χ3n) is 2.53. The molecule has 0 aliphatic rings. The third-order valence-corrected chi connectivity index (χ3v) is 3.29. The van der Waals surface area contributed by atoms with Gasteiger partial charge in [-0.1, -0.05) is 11.6 Å². The quantitative estimate of drug-likeness (QED) is 0.847. The van der Waals surface area contributed by atoms with Crippen LogP contribution >= 0.6 is 27.5 Å². The minimum atomic E-state index is -0.301. The summed E-state index contributed by atoms with van der Waals surface area (Å²) < 4.78 is 0.720. The summed E-state index contributed by atoms with van der Waals surface area (Å²) in [7, 11) is 0. The van der Waals surface area contributed by atoms with Gasteiger partial charge in [-0.2, -0.15) is 0 Å². The predicted octanol–water partition coefficient (Wildman–Crippen LogP) is 3.76. The van der Waals surface area contributed by atoms with Crippen molar-refractivity contribution in [2.24, 2.45) is 0 Å². The normalized spacial score (nSPS) is 10.3. The van der Waals surface area contributed by atoms with Crippen LogP contribution in [0.1, 0.15) is 21.7 Å². The summed E-state index contributed by atoms with van der Waals surface area (Å²) in [5, 5.41) is 3.15. The van der Waals surface area contributed by atoms with Crippen LogP contribution in [0.15, 0.2) is 29.0 Å². The average molecular weight is 341 g/mol. The van der Waals surface area contributed by atoms with Crippen molar-refractivity contribution in [3.63, 3.8) is 0 Å². The van der Waals surface area contributed by atoms with E-state index in [-0.39, 0.29) is 5.91 Å². The Morgan fingerprint density at radius 3 is 2.74 bits per heavy atom. The number of carbonyl (C=O) groups is 1. The Morgan fingerprint density at radius 2 is 2.11 bits per heavy atom. The van der Waals surface area contributed by atoms with Crippen LogP contribution in [-0.2, 0) is 0 Å². The molecular formula is C13H11BrClN3O. The molecule has 2 heterocycles. The number of hydrogen-bond acceptors (Lipinski definition) is 3. The monoisotopic (exact) mass is 339 g/mol. The second-order valence-corrected chi connectivity index (χ2v) is 5.25. The van der Waals surface area contributed by atoms with Crippen LogP contribution in [-0.4, -0.2) is 15.9 Å². The lowest BCUT2D eigenvalue weighted by Crippen LogP contribution is -2.14. The zero-order valence-electron chi connectivity index (χ0n) is 10.4. The number of rotatable bonds is 2. The Morgan fingerprint density at radius 1 is 1.37 bits per heavy atom. The molecule has 1 amide bonds. The predicted molar refractivity (Wildman–Crippen MR) is 78.6 cm³/mol. The summed E-state index contributed by atoms with van der Waals surface area (Å²) in [6.07, 6.45) is 1.47. The van der Waals surface area contributed by atoms with Crippen LogP contribution in [0.4, 0.5) is 5.69 Å². The highest BCUT2D eigenvalue weighted by atomic mass is 79.9. The second-order valence-electron chi connectivity index (χ2n) is 4.03. The molecule has 1 N–H and O–H groups in total. The maximum atomic E-state index is 12.1. The first-order chi connectivity index (χ1) is 8.97. The molecule has 98 valence electrons. The lowest BCUT2D eigenvalue weighted by Gasteiger charge is -2.09. The Hall–Kier alpha value is -1.46. The Bertz CT molecular complexity index is 646. The Labute approximate surface area is 124 Å². The molecular weight excluding hydrogens is 330 g/mol. The number of aromatic nitrogens is 2. The molecule has 0 aliphatic carbocycles. The molecule has 4 nitrogen and oxygen atoms in total. The fourth-order valence-corrected chi connectivity index (χ4v) is 2.24. The van der Waals surface area contributed by atoms with Crippen LogP contribution in [0, 0.1) is 13.8 Å². The highest BCUT2D eigenvalue weighted by Crippen LogP contribution is 2.20. The Kier molecular flexibility index (Phi) is 4.17. The van der Waals surface area contributed by atoms with Crippen LogP contribution in [0.5, 0.6) is 0 Å². The lowest BCUT2D eigenvalue weighted by molar-refractivity contribution is 0.102. The zero-order chi connectivity index (χ0) is 14.0. The van der Waals surface area contributed by atoms with Crippen molar-refractivity contribution in [1.82, 2.24) is 9.97 Å². The Balaban J connectivity index is 2.25. The minimum absolute atomic E-state index is 0.301. The fourth-order valence-electron chi connectivity index (χ4n) is 1.55. The maximum absolute atomic E-state index is 12.1. The number of halogens is 2. The molecule has 2 rings (SSSR count). The van der Waals surface area contributed by atoms with Gasteiger partial charge in [-0.05, 0) is 48.0 Å². The van der Waals surface area contributed by atoms with Crippen molar-refractivity contribution in [2.45, 2.75) is 13.8 Å². The number of nitrogens with one attached hydrogen (secondary N) is 1. The minimum Gasteiger partial charge on any atom is -0.320 e. The number of hydrogen-bond donors (Lipinski definition) is 1. The van der Waals surface area contributed by atoms with E-state index in [4.69, 9.17) is 11.6 Å². The summed E-state index contributed by atoms with van der Waals surface area (Å²) >= 11 is 9.30. The molecule has 0 spiro atoms. The smallest absolute Gasteiger partial charge is 0.258 e. The molecule has 6 heteroatoms. The summed E-state index contributed by atoms with van der Waals surface area (Å²) in [6.45, 7) is 3.63. The van der Waals surface area contributed by atoms with Gasteiger partial charge >= 0.3 is 0 Å². The molecule has 2 aromatic heterocycles. The van der Waals surface area contributed by atoms with E-state index in [1.807, 2.05) is 13.8 Å². The molecule has 0 unspecified atom stereocenters. The van der Waals surface area contributed by atoms with Crippen molar-refractivity contribution in [2.75, 3.05) is 5.32 Å². The maximum Gasteiger partial charge on any atom is 0.258 e. The van der Waals surface area contributed by atoms with Gasteiger partial charge in [-0.25, -0.2) is 4.98 Å². The van der Waals surface area contributed by atoms with Gasteiger partial charge in [0.05, 0.1) is 22.0 Å². The lowest BCUT2D eigenvalue weighted by atomic mass is 10.2. The molecule has 0 aromatic carbocycles. The zero-order valence-corrected chi connectivity index (χ0v) is 12.7. The van der Waals surface area contributed by atoms with Gasteiger partial charge in [-0.15, -0.1) is 0 Å². The molecule has 19 heavy (non-hydrogen) atoms. The van der Waals surface area contributed by atoms with E-state index in [9.17, 15) is 4.79 Å². The molecule has 0 saturated carbocycles. The third kappa shape index (κ3) is 3.30. The molecule has 0 radical (unpaired) electrons. The number of carbonyl (C=O) groups excluding carboxylic acids is 1. The number of pyridine rings is 2. The first-order valence-electron chi connectivity index (χ1n) is 5.54. The van der Waals surface area contributed by atoms with E-state index in [2.05, 4.69) is 31.2 Å². The van der Waals surface area contributed by atoms with Crippen LogP contribution < -0.4 is 5.32 Å². The van der Waals surface area contributed by atoms with Crippen molar-refractivity contribution >= 4 is 39.1 Å². The first-order valence-corrected chi connectivity index (χ1v) is 6.71. The van der Waals surface area contributed by atoms with E-state index in [1.54, 1.807) is 18.2 Å². The van der Waals surface area contributed by atoms with Crippen LogP contribution in [0.2, 0.25) is 5.02 Å². The SMILES string of the molecule is Cc1cc(Cl)c(C(=O)Nc2ccc(Br)nc2C)cn1. The topological polar surface area (TPSA) is 54.9 Å². The standard InChI is InChI=1S/C13H11BrClN3O/c1-7-5-10(15)9(6-16-7)13(19)18-11-3-4-12(14)17-8(11)2/h3-6H,1-2H3,(H,18,19). The fraction of sp³-hybridized carbons (Fsp3) is 0.154. The second kappa shape index (κ2) is 5.67. The van der Waals surface area contributed by atoms with Gasteiger partial charge in [0, 0.05) is 11.9 Å². The molecule has 0 atom stereocenters. The molecule has 0 fully saturated rings. The number of nitrogens with zero attached hydrogens (tertiary/aromatic N) is 2. The van der Waals surface area contributed by atoms with Crippen molar-refractivity contribution < 1.29 is 4.79 Å². The highest BCUT2D eigenvalue weighted by molar-refractivity contribution is 9.10. The van der Waals surface area contributed by atoms with E-state index >= 15 is 0 Å². The van der Waals surface area contributed by atoms with Gasteiger partial charge in [0.2, 0.25) is 0 Å². The number of aryl methyl sites for hydroxylation is 2. The number of anilines is 1. The van der Waals surface area contributed by atoms with Gasteiger partial charge in [0.25, 0.3) is 5.91 Å². The van der Waals surface area contributed by atoms with Crippen molar-refractivity contribution in [1.29, 1.82) is 0 Å². The summed E-state index contributed by atoms with van der Waals surface area (Å²) in [5.74, 6) is -0.301. The van der Waals surface area contributed by atoms with E-state index in [1.165, 1.54) is 6.20 Å². The van der Waals surface area contributed by atoms with E-state index in [0.29, 0.717) is 16.3 Å². The molecule has 2 aromatic rings. The highest BCUT2D eigenvalue weighted by Gasteiger charge is 2.12. The molecule has 0 saturated heterocycles. The summed E-state index contributed by atoms with van der Waals surface area (Å²) in [6, 6.07) is 5.20. The summed E-state index contributed by atoms with van der Waals surface area (Å²) in [4.78, 5) is 20.4. The van der Waals surface area contributed by atoms with Gasteiger partial charge < -0.3 is 5.32 Å². The van der Waals surface area contributed by atoms with Gasteiger partial charge in [0.1, 0.15) is 4.60 Å². The van der Waals surface area contributed by atoms with Gasteiger partial charge in [-0.3, -0.25) is 9.78 Å². The van der Waals surface area contributed by atoms with Crippen molar-refractivity contribution in [3.8, 4) is 0 Å². The van der Waals surface area contributed by atoms with Crippen LogP contribution in [0.3, 0.4) is 0 Å². The van der Waals surface area contributed by atoms with E-state index in [0.717, 1.165) is 16.0 Å². The van der Waals surface area contributed by atoms with Crippen LogP contribution in [0.25, 0.3) is 0 Å². The largest absolute Gasteiger partial charge is 0.320 e. The first kappa shape index (κ1) is 14.0.